The Morgan fingerprint density at radius 3 is 2.47 bits per heavy atom. The van der Waals surface area contributed by atoms with Crippen molar-refractivity contribution in [2.75, 3.05) is 4.90 Å². The van der Waals surface area contributed by atoms with E-state index in [0.717, 1.165) is 28.2 Å². The van der Waals surface area contributed by atoms with E-state index in [-0.39, 0.29) is 22.7 Å². The second kappa shape index (κ2) is 8.72. The molecule has 4 aromatic rings. The van der Waals surface area contributed by atoms with Crippen molar-refractivity contribution in [3.8, 4) is 5.69 Å². The number of non-ortho nitro benzene ring substituents is 1. The van der Waals surface area contributed by atoms with Gasteiger partial charge in [-0.25, -0.2) is 0 Å². The quantitative estimate of drug-likeness (QED) is 0.234. The molecule has 170 valence electrons. The van der Waals surface area contributed by atoms with E-state index in [1.54, 1.807) is 18.3 Å². The van der Waals surface area contributed by atoms with Crippen molar-refractivity contribution in [3.05, 3.63) is 118 Å². The maximum absolute atomic E-state index is 11.4. The molecule has 34 heavy (non-hydrogen) atoms. The van der Waals surface area contributed by atoms with Crippen LogP contribution in [0.2, 0.25) is 0 Å². The summed E-state index contributed by atoms with van der Waals surface area (Å²) in [6.45, 7) is 4.14. The van der Waals surface area contributed by atoms with Crippen LogP contribution in [0.3, 0.4) is 0 Å². The van der Waals surface area contributed by atoms with Crippen molar-refractivity contribution in [1.82, 2.24) is 14.9 Å². The van der Waals surface area contributed by atoms with Crippen LogP contribution in [0.4, 0.5) is 11.4 Å². The zero-order valence-corrected chi connectivity index (χ0v) is 19.6. The molecule has 2 aromatic carbocycles. The number of aryl methyl sites for hydroxylation is 2. The second-order valence-electron chi connectivity index (χ2n) is 8.42. The number of aromatic nitrogens is 2. The highest BCUT2D eigenvalue weighted by atomic mass is 32.1. The Morgan fingerprint density at radius 1 is 0.971 bits per heavy atom. The Labute approximate surface area is 202 Å². The zero-order chi connectivity index (χ0) is 23.8. The smallest absolute Gasteiger partial charge is 0.271 e. The minimum absolute atomic E-state index is 0.0460. The van der Waals surface area contributed by atoms with E-state index in [2.05, 4.69) is 47.2 Å². The van der Waals surface area contributed by atoms with Gasteiger partial charge in [-0.1, -0.05) is 18.2 Å². The van der Waals surface area contributed by atoms with Crippen LogP contribution in [0.25, 0.3) is 5.69 Å². The highest BCUT2D eigenvalue weighted by Crippen LogP contribution is 2.42. The molecule has 0 bridgehead atoms. The fraction of sp³-hybridized carbons (Fsp3) is 0.154. The third-order valence-corrected chi connectivity index (χ3v) is 6.30. The molecule has 8 heteroatoms. The fourth-order valence-electron chi connectivity index (χ4n) is 4.65. The van der Waals surface area contributed by atoms with Crippen molar-refractivity contribution in [1.29, 1.82) is 0 Å². The van der Waals surface area contributed by atoms with Gasteiger partial charge in [-0.2, -0.15) is 0 Å². The molecule has 3 heterocycles. The number of benzene rings is 2. The molecule has 1 aliphatic heterocycles. The predicted octanol–water partition coefficient (Wildman–Crippen LogP) is 5.57. The van der Waals surface area contributed by atoms with Crippen LogP contribution in [-0.2, 0) is 0 Å². The molecular formula is C26H23N5O2S. The highest BCUT2D eigenvalue weighted by Gasteiger charge is 2.42. The first-order valence-corrected chi connectivity index (χ1v) is 11.3. The number of hydrogen-bond acceptors (Lipinski definition) is 4. The van der Waals surface area contributed by atoms with Crippen molar-refractivity contribution < 1.29 is 4.92 Å². The fourth-order valence-corrected chi connectivity index (χ4v) is 5.00. The summed E-state index contributed by atoms with van der Waals surface area (Å²) in [5.41, 5.74) is 5.86. The lowest BCUT2D eigenvalue weighted by Gasteiger charge is -2.29. The van der Waals surface area contributed by atoms with Gasteiger partial charge >= 0.3 is 0 Å². The number of hydrogen-bond donors (Lipinski definition) is 1. The van der Waals surface area contributed by atoms with Crippen LogP contribution in [-0.4, -0.2) is 19.6 Å². The van der Waals surface area contributed by atoms with E-state index >= 15 is 0 Å². The summed E-state index contributed by atoms with van der Waals surface area (Å²) in [6.07, 6.45) is 3.70. The van der Waals surface area contributed by atoms with Gasteiger partial charge in [-0.3, -0.25) is 15.1 Å². The van der Waals surface area contributed by atoms with Gasteiger partial charge in [0.05, 0.1) is 22.3 Å². The topological polar surface area (TPSA) is 76.2 Å². The van der Waals surface area contributed by atoms with Gasteiger partial charge in [0.2, 0.25) is 0 Å². The molecule has 0 unspecified atom stereocenters. The van der Waals surface area contributed by atoms with Gasteiger partial charge in [-0.05, 0) is 79.7 Å². The standard InChI is InChI=1S/C26H23N5O2S/c1-17-13-18(2)15-21(14-17)30-25(24(28-26(30)34)22-9-3-4-11-27-22)23-10-6-12-29(23)19-7-5-8-20(16-19)31(32)33/h3-16,24-25H,1-2H3,(H,28,34)/t24-,25-/m1/s1. The molecule has 0 saturated carbocycles. The molecule has 1 fully saturated rings. The average molecular weight is 470 g/mol. The Balaban J connectivity index is 1.68. The average Bonchev–Trinajstić information content (AvgIpc) is 3.43. The molecule has 0 radical (unpaired) electrons. The monoisotopic (exact) mass is 469 g/mol. The maximum Gasteiger partial charge on any atom is 0.271 e. The molecule has 1 saturated heterocycles. The molecule has 1 N–H and O–H groups in total. The lowest BCUT2D eigenvalue weighted by Crippen LogP contribution is -2.30. The lowest BCUT2D eigenvalue weighted by molar-refractivity contribution is -0.384. The molecule has 0 spiro atoms. The summed E-state index contributed by atoms with van der Waals surface area (Å²) in [5.74, 6) is 0. The molecule has 2 atom stereocenters. The van der Waals surface area contributed by atoms with E-state index in [4.69, 9.17) is 12.2 Å². The predicted molar refractivity (Wildman–Crippen MR) is 136 cm³/mol. The Morgan fingerprint density at radius 2 is 1.76 bits per heavy atom. The SMILES string of the molecule is Cc1cc(C)cc(N2C(=S)N[C@H](c3ccccn3)[C@H]2c2cccn2-c2cccc([N+](=O)[O-])c2)c1. The van der Waals surface area contributed by atoms with Crippen LogP contribution in [0.5, 0.6) is 0 Å². The number of anilines is 1. The third kappa shape index (κ3) is 3.92. The summed E-state index contributed by atoms with van der Waals surface area (Å²) >= 11 is 5.84. The molecular weight excluding hydrogens is 446 g/mol. The first-order chi connectivity index (χ1) is 16.4. The van der Waals surface area contributed by atoms with Crippen LogP contribution in [0, 0.1) is 24.0 Å². The zero-order valence-electron chi connectivity index (χ0n) is 18.8. The second-order valence-corrected chi connectivity index (χ2v) is 8.81. The number of nitrogens with one attached hydrogen (secondary N) is 1. The summed E-state index contributed by atoms with van der Waals surface area (Å²) in [5, 5.41) is 15.5. The van der Waals surface area contributed by atoms with Crippen molar-refractivity contribution >= 4 is 28.7 Å². The molecule has 5 rings (SSSR count). The van der Waals surface area contributed by atoms with Gasteiger partial charge in [-0.15, -0.1) is 0 Å². The number of nitro benzene ring substituents is 1. The van der Waals surface area contributed by atoms with E-state index in [9.17, 15) is 10.1 Å². The molecule has 0 amide bonds. The minimum atomic E-state index is -0.378. The molecule has 7 nitrogen and oxygen atoms in total. The van der Waals surface area contributed by atoms with Gasteiger partial charge in [0.1, 0.15) is 6.04 Å². The normalized spacial score (nSPS) is 17.6. The number of nitro groups is 1. The van der Waals surface area contributed by atoms with Gasteiger partial charge in [0.15, 0.2) is 5.11 Å². The van der Waals surface area contributed by atoms with E-state index in [1.165, 1.54) is 6.07 Å². The van der Waals surface area contributed by atoms with Gasteiger partial charge in [0, 0.05) is 35.9 Å². The lowest BCUT2D eigenvalue weighted by atomic mass is 10.00. The first-order valence-electron chi connectivity index (χ1n) is 10.9. The molecule has 0 aliphatic carbocycles. The summed E-state index contributed by atoms with van der Waals surface area (Å²) in [6, 6.07) is 22.4. The van der Waals surface area contributed by atoms with Crippen molar-refractivity contribution in [2.24, 2.45) is 0 Å². The van der Waals surface area contributed by atoms with Crippen LogP contribution >= 0.6 is 12.2 Å². The van der Waals surface area contributed by atoms with Crippen molar-refractivity contribution in [3.63, 3.8) is 0 Å². The van der Waals surface area contributed by atoms with Crippen LogP contribution in [0.1, 0.15) is 34.6 Å². The Bertz CT molecular complexity index is 1360. The van der Waals surface area contributed by atoms with Crippen molar-refractivity contribution in [2.45, 2.75) is 25.9 Å². The molecule has 2 aromatic heterocycles. The number of pyridine rings is 1. The highest BCUT2D eigenvalue weighted by molar-refractivity contribution is 7.80. The van der Waals surface area contributed by atoms with Crippen LogP contribution < -0.4 is 10.2 Å². The van der Waals surface area contributed by atoms with Gasteiger partial charge < -0.3 is 14.8 Å². The van der Waals surface area contributed by atoms with E-state index in [1.807, 2.05) is 47.2 Å². The maximum atomic E-state index is 11.4. The third-order valence-electron chi connectivity index (χ3n) is 5.98. The summed E-state index contributed by atoms with van der Waals surface area (Å²) < 4.78 is 1.98. The summed E-state index contributed by atoms with van der Waals surface area (Å²) in [4.78, 5) is 17.8. The number of rotatable bonds is 5. The first kappa shape index (κ1) is 21.8. The Hall–Kier alpha value is -4.04. The van der Waals surface area contributed by atoms with E-state index < -0.39 is 0 Å². The Kier molecular flexibility index (Phi) is 5.59. The largest absolute Gasteiger partial charge is 0.351 e. The number of thiocarbonyl (C=S) groups is 1. The van der Waals surface area contributed by atoms with Gasteiger partial charge in [0.25, 0.3) is 5.69 Å². The van der Waals surface area contributed by atoms with E-state index in [0.29, 0.717) is 10.8 Å². The summed E-state index contributed by atoms with van der Waals surface area (Å²) in [7, 11) is 0. The van der Waals surface area contributed by atoms with Crippen LogP contribution in [0.15, 0.2) is 85.2 Å². The minimum Gasteiger partial charge on any atom is -0.351 e. The number of nitrogens with zero attached hydrogens (tertiary/aromatic N) is 4. The molecule has 1 aliphatic rings.